The molecule has 17 heavy (non-hydrogen) atoms. The van der Waals surface area contributed by atoms with Gasteiger partial charge in [-0.2, -0.15) is 0 Å². The molecule has 3 heteroatoms. The number of hydrogen-bond donors (Lipinski definition) is 1. The number of pyridine rings is 1. The van der Waals surface area contributed by atoms with Crippen molar-refractivity contribution in [2.45, 2.75) is 6.54 Å². The molecular weight excluding hydrogens is 212 g/mol. The van der Waals surface area contributed by atoms with Crippen LogP contribution in [0.3, 0.4) is 0 Å². The molecule has 1 heterocycles. The van der Waals surface area contributed by atoms with Crippen molar-refractivity contribution in [2.24, 2.45) is 0 Å². The Hall–Kier alpha value is -1.87. The minimum absolute atomic E-state index is 0.782. The van der Waals surface area contributed by atoms with Crippen molar-refractivity contribution in [1.82, 2.24) is 10.3 Å². The molecule has 0 amide bonds. The number of hydrogen-bond acceptors (Lipinski definition) is 3. The fourth-order valence-electron chi connectivity index (χ4n) is 1.72. The fourth-order valence-corrected chi connectivity index (χ4v) is 1.72. The maximum atomic E-state index is 5.14. The Morgan fingerprint density at radius 3 is 2.53 bits per heavy atom. The van der Waals surface area contributed by atoms with Crippen LogP contribution in [-0.2, 0) is 6.54 Å². The first kappa shape index (κ1) is 11.6. The molecule has 0 bridgehead atoms. The molecule has 0 saturated heterocycles. The normalized spacial score (nSPS) is 10.2. The van der Waals surface area contributed by atoms with E-state index in [9.17, 15) is 0 Å². The van der Waals surface area contributed by atoms with E-state index in [2.05, 4.69) is 28.5 Å². The lowest BCUT2D eigenvalue weighted by molar-refractivity contribution is 0.415. The molecule has 0 radical (unpaired) electrons. The second-order valence-electron chi connectivity index (χ2n) is 3.79. The highest BCUT2D eigenvalue weighted by molar-refractivity contribution is 5.64. The van der Waals surface area contributed by atoms with Crippen molar-refractivity contribution < 1.29 is 4.74 Å². The highest BCUT2D eigenvalue weighted by Gasteiger charge is 2.00. The quantitative estimate of drug-likeness (QED) is 0.873. The van der Waals surface area contributed by atoms with Gasteiger partial charge in [0.2, 0.25) is 0 Å². The summed E-state index contributed by atoms with van der Waals surface area (Å²) >= 11 is 0. The molecular formula is C14H16N2O. The van der Waals surface area contributed by atoms with Gasteiger partial charge < -0.3 is 10.1 Å². The van der Waals surface area contributed by atoms with Gasteiger partial charge >= 0.3 is 0 Å². The monoisotopic (exact) mass is 228 g/mol. The molecule has 0 unspecified atom stereocenters. The predicted molar refractivity (Wildman–Crippen MR) is 69.0 cm³/mol. The van der Waals surface area contributed by atoms with E-state index in [1.165, 1.54) is 11.1 Å². The molecule has 2 rings (SSSR count). The SMILES string of the molecule is CNCc1cc(-c2ccc(OC)cc2)ccn1. The zero-order valence-electron chi connectivity index (χ0n) is 10.1. The Balaban J connectivity index is 2.28. The van der Waals surface area contributed by atoms with Crippen LogP contribution < -0.4 is 10.1 Å². The van der Waals surface area contributed by atoms with Gasteiger partial charge in [-0.25, -0.2) is 0 Å². The molecule has 0 saturated carbocycles. The van der Waals surface area contributed by atoms with Gasteiger partial charge in [0.05, 0.1) is 12.8 Å². The first-order chi connectivity index (χ1) is 8.33. The lowest BCUT2D eigenvalue weighted by atomic mass is 10.1. The molecule has 0 aliphatic heterocycles. The maximum Gasteiger partial charge on any atom is 0.118 e. The summed E-state index contributed by atoms with van der Waals surface area (Å²) in [7, 11) is 3.59. The summed E-state index contributed by atoms with van der Waals surface area (Å²) in [5.74, 6) is 0.873. The van der Waals surface area contributed by atoms with Gasteiger partial charge in [-0.15, -0.1) is 0 Å². The van der Waals surface area contributed by atoms with Crippen LogP contribution in [0.1, 0.15) is 5.69 Å². The summed E-state index contributed by atoms with van der Waals surface area (Å²) < 4.78 is 5.14. The smallest absolute Gasteiger partial charge is 0.118 e. The van der Waals surface area contributed by atoms with E-state index in [0.717, 1.165) is 18.0 Å². The van der Waals surface area contributed by atoms with E-state index in [1.54, 1.807) is 7.11 Å². The van der Waals surface area contributed by atoms with Crippen LogP contribution in [0.25, 0.3) is 11.1 Å². The minimum Gasteiger partial charge on any atom is -0.497 e. The molecule has 0 atom stereocenters. The van der Waals surface area contributed by atoms with E-state index >= 15 is 0 Å². The van der Waals surface area contributed by atoms with Crippen molar-refractivity contribution in [1.29, 1.82) is 0 Å². The fraction of sp³-hybridized carbons (Fsp3) is 0.214. The third kappa shape index (κ3) is 2.82. The van der Waals surface area contributed by atoms with E-state index in [-0.39, 0.29) is 0 Å². The molecule has 1 N–H and O–H groups in total. The van der Waals surface area contributed by atoms with Crippen LogP contribution in [0, 0.1) is 0 Å². The van der Waals surface area contributed by atoms with Crippen molar-refractivity contribution >= 4 is 0 Å². The summed E-state index contributed by atoms with van der Waals surface area (Å²) in [4.78, 5) is 4.30. The molecule has 0 spiro atoms. The molecule has 0 fully saturated rings. The molecule has 1 aromatic heterocycles. The number of aromatic nitrogens is 1. The van der Waals surface area contributed by atoms with Crippen LogP contribution >= 0.6 is 0 Å². The number of nitrogens with one attached hydrogen (secondary N) is 1. The van der Waals surface area contributed by atoms with Gasteiger partial charge in [0.25, 0.3) is 0 Å². The largest absolute Gasteiger partial charge is 0.497 e. The van der Waals surface area contributed by atoms with Gasteiger partial charge in [0.15, 0.2) is 0 Å². The van der Waals surface area contributed by atoms with Crippen LogP contribution in [0.2, 0.25) is 0 Å². The minimum atomic E-state index is 0.782. The van der Waals surface area contributed by atoms with Gasteiger partial charge in [0.1, 0.15) is 5.75 Å². The molecule has 88 valence electrons. The van der Waals surface area contributed by atoms with Gasteiger partial charge in [-0.05, 0) is 42.4 Å². The van der Waals surface area contributed by atoms with Crippen LogP contribution in [0.4, 0.5) is 0 Å². The number of benzene rings is 1. The van der Waals surface area contributed by atoms with Gasteiger partial charge in [-0.1, -0.05) is 12.1 Å². The number of nitrogens with zero attached hydrogens (tertiary/aromatic N) is 1. The number of rotatable bonds is 4. The van der Waals surface area contributed by atoms with Crippen molar-refractivity contribution in [2.75, 3.05) is 14.2 Å². The Morgan fingerprint density at radius 1 is 1.12 bits per heavy atom. The van der Waals surface area contributed by atoms with Crippen molar-refractivity contribution in [3.05, 3.63) is 48.3 Å². The topological polar surface area (TPSA) is 34.1 Å². The zero-order valence-corrected chi connectivity index (χ0v) is 10.1. The molecule has 3 nitrogen and oxygen atoms in total. The molecule has 2 aromatic rings. The highest BCUT2D eigenvalue weighted by atomic mass is 16.5. The van der Waals surface area contributed by atoms with E-state index < -0.39 is 0 Å². The standard InChI is InChI=1S/C14H16N2O/c1-15-10-13-9-12(7-8-16-13)11-3-5-14(17-2)6-4-11/h3-9,15H,10H2,1-2H3. The van der Waals surface area contributed by atoms with E-state index in [1.807, 2.05) is 31.4 Å². The van der Waals surface area contributed by atoms with Crippen LogP contribution in [-0.4, -0.2) is 19.1 Å². The second kappa shape index (κ2) is 5.46. The second-order valence-corrected chi connectivity index (χ2v) is 3.79. The van der Waals surface area contributed by atoms with E-state index in [0.29, 0.717) is 0 Å². The average Bonchev–Trinajstić information content (AvgIpc) is 2.40. The average molecular weight is 228 g/mol. The van der Waals surface area contributed by atoms with Crippen LogP contribution in [0.5, 0.6) is 5.75 Å². The third-order valence-corrected chi connectivity index (χ3v) is 2.60. The Kier molecular flexibility index (Phi) is 3.73. The molecule has 1 aromatic carbocycles. The van der Waals surface area contributed by atoms with Gasteiger partial charge in [0, 0.05) is 12.7 Å². The summed E-state index contributed by atoms with van der Waals surface area (Å²) in [6.07, 6.45) is 1.84. The number of methoxy groups -OCH3 is 1. The Bertz CT molecular complexity index is 480. The van der Waals surface area contributed by atoms with Gasteiger partial charge in [-0.3, -0.25) is 4.98 Å². The third-order valence-electron chi connectivity index (χ3n) is 2.60. The zero-order chi connectivity index (χ0) is 12.1. The Labute approximate surface area is 101 Å². The summed E-state index contributed by atoms with van der Waals surface area (Å²) in [5, 5.41) is 3.10. The van der Waals surface area contributed by atoms with Crippen molar-refractivity contribution in [3.63, 3.8) is 0 Å². The summed E-state index contributed by atoms with van der Waals surface area (Å²) in [5.41, 5.74) is 3.39. The summed E-state index contributed by atoms with van der Waals surface area (Å²) in [6.45, 7) is 0.782. The highest BCUT2D eigenvalue weighted by Crippen LogP contribution is 2.22. The molecule has 0 aliphatic carbocycles. The number of ether oxygens (including phenoxy) is 1. The lowest BCUT2D eigenvalue weighted by Gasteiger charge is -2.05. The van der Waals surface area contributed by atoms with E-state index in [4.69, 9.17) is 4.74 Å². The lowest BCUT2D eigenvalue weighted by Crippen LogP contribution is -2.06. The Morgan fingerprint density at radius 2 is 1.88 bits per heavy atom. The van der Waals surface area contributed by atoms with Crippen LogP contribution in [0.15, 0.2) is 42.6 Å². The first-order valence-electron chi connectivity index (χ1n) is 5.57. The summed E-state index contributed by atoms with van der Waals surface area (Å²) in [6, 6.07) is 12.1. The maximum absolute atomic E-state index is 5.14. The predicted octanol–water partition coefficient (Wildman–Crippen LogP) is 2.48. The molecule has 0 aliphatic rings. The van der Waals surface area contributed by atoms with Crippen molar-refractivity contribution in [3.8, 4) is 16.9 Å². The first-order valence-corrected chi connectivity index (χ1v) is 5.57.